The highest BCUT2D eigenvalue weighted by atomic mass is 35.5. The molecule has 2 aromatic carbocycles. The Balaban J connectivity index is 2.66. The summed E-state index contributed by atoms with van der Waals surface area (Å²) < 4.78 is 24.4. The molecule has 6 heteroatoms. The van der Waals surface area contributed by atoms with Crippen LogP contribution in [0.1, 0.15) is 0 Å². The number of hydrogen-bond donors (Lipinski definition) is 2. The van der Waals surface area contributed by atoms with Crippen LogP contribution in [0.2, 0.25) is 5.02 Å². The van der Waals surface area contributed by atoms with Gasteiger partial charge in [-0.15, -0.1) is 0 Å². The number of aromatic hydroxyl groups is 2. The summed E-state index contributed by atoms with van der Waals surface area (Å²) in [5.74, 6) is -0.915. The standard InChI is InChI=1S/C12H9ClO4S/c13-9-6-12(11(15)7-10(9)14)18(16,17)8-4-2-1-3-5-8/h1-7,14-15H. The largest absolute Gasteiger partial charge is 0.506 e. The summed E-state index contributed by atoms with van der Waals surface area (Å²) in [6, 6.07) is 9.58. The summed E-state index contributed by atoms with van der Waals surface area (Å²) in [5.41, 5.74) is 0. The van der Waals surface area contributed by atoms with Crippen molar-refractivity contribution in [3.63, 3.8) is 0 Å². The molecule has 0 aliphatic rings. The van der Waals surface area contributed by atoms with E-state index in [0.717, 1.165) is 12.1 Å². The molecule has 0 amide bonds. The predicted octanol–water partition coefficient (Wildman–Crippen LogP) is 2.58. The smallest absolute Gasteiger partial charge is 0.210 e. The maximum absolute atomic E-state index is 12.2. The molecule has 0 aromatic heterocycles. The van der Waals surface area contributed by atoms with Crippen LogP contribution >= 0.6 is 11.6 Å². The van der Waals surface area contributed by atoms with Gasteiger partial charge in [-0.1, -0.05) is 29.8 Å². The Morgan fingerprint density at radius 3 is 2.17 bits per heavy atom. The van der Waals surface area contributed by atoms with E-state index in [1.54, 1.807) is 18.2 Å². The third-order valence-corrected chi connectivity index (χ3v) is 4.47. The molecular formula is C12H9ClO4S. The SMILES string of the molecule is O=S(=O)(c1ccccc1)c1cc(Cl)c(O)cc1O. The van der Waals surface area contributed by atoms with Gasteiger partial charge in [-0.05, 0) is 18.2 Å². The van der Waals surface area contributed by atoms with Crippen molar-refractivity contribution in [2.75, 3.05) is 0 Å². The van der Waals surface area contributed by atoms with Crippen LogP contribution in [0.15, 0.2) is 52.3 Å². The minimum atomic E-state index is -3.85. The van der Waals surface area contributed by atoms with Crippen LogP contribution in [-0.4, -0.2) is 18.6 Å². The Labute approximate surface area is 109 Å². The van der Waals surface area contributed by atoms with E-state index in [1.807, 2.05) is 0 Å². The molecule has 0 radical (unpaired) electrons. The van der Waals surface area contributed by atoms with Gasteiger partial charge in [0.05, 0.1) is 9.92 Å². The average molecular weight is 285 g/mol. The Morgan fingerprint density at radius 1 is 0.944 bits per heavy atom. The van der Waals surface area contributed by atoms with Crippen molar-refractivity contribution in [1.29, 1.82) is 0 Å². The van der Waals surface area contributed by atoms with Crippen LogP contribution in [0.3, 0.4) is 0 Å². The molecule has 18 heavy (non-hydrogen) atoms. The van der Waals surface area contributed by atoms with Crippen molar-refractivity contribution in [2.45, 2.75) is 9.79 Å². The van der Waals surface area contributed by atoms with Gasteiger partial charge < -0.3 is 10.2 Å². The summed E-state index contributed by atoms with van der Waals surface area (Å²) in [6.07, 6.45) is 0. The normalized spacial score (nSPS) is 11.4. The van der Waals surface area contributed by atoms with Crippen LogP contribution in [0.25, 0.3) is 0 Å². The van der Waals surface area contributed by atoms with E-state index in [4.69, 9.17) is 11.6 Å². The van der Waals surface area contributed by atoms with Crippen LogP contribution in [0.5, 0.6) is 11.5 Å². The first-order chi connectivity index (χ1) is 8.43. The van der Waals surface area contributed by atoms with E-state index in [9.17, 15) is 18.6 Å². The molecule has 2 aromatic rings. The van der Waals surface area contributed by atoms with Crippen molar-refractivity contribution in [2.24, 2.45) is 0 Å². The number of phenols is 2. The number of hydrogen-bond acceptors (Lipinski definition) is 4. The third kappa shape index (κ3) is 2.14. The Hall–Kier alpha value is -1.72. The lowest BCUT2D eigenvalue weighted by molar-refractivity contribution is 0.439. The molecular weight excluding hydrogens is 276 g/mol. The van der Waals surface area contributed by atoms with Gasteiger partial charge in [-0.25, -0.2) is 8.42 Å². The fourth-order valence-electron chi connectivity index (χ4n) is 1.47. The van der Waals surface area contributed by atoms with E-state index < -0.39 is 15.6 Å². The number of benzene rings is 2. The fraction of sp³-hybridized carbons (Fsp3) is 0. The second-order valence-corrected chi connectivity index (χ2v) is 5.91. The Morgan fingerprint density at radius 2 is 1.56 bits per heavy atom. The van der Waals surface area contributed by atoms with Gasteiger partial charge in [0.25, 0.3) is 0 Å². The summed E-state index contributed by atoms with van der Waals surface area (Å²) in [5, 5.41) is 18.8. The summed E-state index contributed by atoms with van der Waals surface area (Å²) in [4.78, 5) is -0.293. The molecule has 0 aliphatic carbocycles. The zero-order chi connectivity index (χ0) is 13.3. The topological polar surface area (TPSA) is 74.6 Å². The number of halogens is 1. The van der Waals surface area contributed by atoms with Gasteiger partial charge in [0.1, 0.15) is 16.4 Å². The lowest BCUT2D eigenvalue weighted by atomic mass is 10.3. The molecule has 2 rings (SSSR count). The molecule has 94 valence electrons. The maximum Gasteiger partial charge on any atom is 0.210 e. The molecule has 4 nitrogen and oxygen atoms in total. The highest BCUT2D eigenvalue weighted by molar-refractivity contribution is 7.91. The lowest BCUT2D eigenvalue weighted by Crippen LogP contribution is -2.02. The van der Waals surface area contributed by atoms with E-state index >= 15 is 0 Å². The molecule has 0 unspecified atom stereocenters. The molecule has 0 atom stereocenters. The average Bonchev–Trinajstić information content (AvgIpc) is 2.34. The van der Waals surface area contributed by atoms with Gasteiger partial charge in [-0.2, -0.15) is 0 Å². The van der Waals surface area contributed by atoms with E-state index in [0.29, 0.717) is 0 Å². The second kappa shape index (κ2) is 4.51. The Kier molecular flexibility index (Phi) is 3.19. The molecule has 2 N–H and O–H groups in total. The predicted molar refractivity (Wildman–Crippen MR) is 66.7 cm³/mol. The van der Waals surface area contributed by atoms with Gasteiger partial charge >= 0.3 is 0 Å². The highest BCUT2D eigenvalue weighted by Gasteiger charge is 2.22. The molecule has 0 heterocycles. The molecule has 0 saturated carbocycles. The summed E-state index contributed by atoms with van der Waals surface area (Å²) in [7, 11) is -3.85. The quantitative estimate of drug-likeness (QED) is 0.889. The summed E-state index contributed by atoms with van der Waals surface area (Å²) >= 11 is 5.65. The van der Waals surface area contributed by atoms with Crippen molar-refractivity contribution < 1.29 is 18.6 Å². The Bertz CT molecular complexity index is 681. The van der Waals surface area contributed by atoms with Crippen LogP contribution in [0.4, 0.5) is 0 Å². The molecule has 0 saturated heterocycles. The second-order valence-electron chi connectivity index (χ2n) is 3.59. The van der Waals surface area contributed by atoms with Gasteiger partial charge in [-0.3, -0.25) is 0 Å². The molecule has 0 aliphatic heterocycles. The van der Waals surface area contributed by atoms with Crippen molar-refractivity contribution in [1.82, 2.24) is 0 Å². The van der Waals surface area contributed by atoms with Crippen molar-refractivity contribution in [3.8, 4) is 11.5 Å². The number of rotatable bonds is 2. The van der Waals surface area contributed by atoms with E-state index in [-0.39, 0.29) is 20.6 Å². The molecule has 0 spiro atoms. The lowest BCUT2D eigenvalue weighted by Gasteiger charge is -2.08. The zero-order valence-corrected chi connectivity index (χ0v) is 10.6. The zero-order valence-electron chi connectivity index (χ0n) is 9.04. The molecule has 0 fully saturated rings. The fourth-order valence-corrected chi connectivity index (χ4v) is 3.08. The maximum atomic E-state index is 12.2. The molecule has 0 bridgehead atoms. The monoisotopic (exact) mass is 284 g/mol. The highest BCUT2D eigenvalue weighted by Crippen LogP contribution is 2.36. The van der Waals surface area contributed by atoms with Gasteiger partial charge in [0.2, 0.25) is 9.84 Å². The minimum Gasteiger partial charge on any atom is -0.506 e. The minimum absolute atomic E-state index is 0.0436. The first-order valence-electron chi connectivity index (χ1n) is 4.94. The van der Waals surface area contributed by atoms with Gasteiger partial charge in [0.15, 0.2) is 0 Å². The van der Waals surface area contributed by atoms with Crippen LogP contribution in [0, 0.1) is 0 Å². The number of phenolic OH excluding ortho intramolecular Hbond substituents is 2. The van der Waals surface area contributed by atoms with Crippen molar-refractivity contribution >= 4 is 21.4 Å². The van der Waals surface area contributed by atoms with Crippen molar-refractivity contribution in [3.05, 3.63) is 47.5 Å². The number of sulfone groups is 1. The first kappa shape index (κ1) is 12.7. The van der Waals surface area contributed by atoms with Crippen LogP contribution < -0.4 is 0 Å². The van der Waals surface area contributed by atoms with E-state index in [2.05, 4.69) is 0 Å². The first-order valence-corrected chi connectivity index (χ1v) is 6.80. The van der Waals surface area contributed by atoms with Gasteiger partial charge in [0, 0.05) is 6.07 Å². The van der Waals surface area contributed by atoms with E-state index in [1.165, 1.54) is 12.1 Å². The van der Waals surface area contributed by atoms with Crippen LogP contribution in [-0.2, 0) is 9.84 Å². The third-order valence-electron chi connectivity index (χ3n) is 2.37. The summed E-state index contributed by atoms with van der Waals surface area (Å²) in [6.45, 7) is 0.